The van der Waals surface area contributed by atoms with Gasteiger partial charge in [-0.1, -0.05) is 33.1 Å². The molecule has 1 unspecified atom stereocenters. The van der Waals surface area contributed by atoms with Crippen LogP contribution in [0.25, 0.3) is 0 Å². The molecule has 3 nitrogen and oxygen atoms in total. The smallest absolute Gasteiger partial charge is 0.243 e. The largest absolute Gasteiger partial charge is 0.328 e. The molecular weight excluding hydrogens is 224 g/mol. The van der Waals surface area contributed by atoms with Gasteiger partial charge in [0.2, 0.25) is 5.91 Å². The van der Waals surface area contributed by atoms with E-state index in [1.54, 1.807) is 0 Å². The van der Waals surface area contributed by atoms with Gasteiger partial charge in [0.05, 0.1) is 12.2 Å². The highest BCUT2D eigenvalue weighted by Gasteiger charge is 2.41. The van der Waals surface area contributed by atoms with Gasteiger partial charge in [0.15, 0.2) is 0 Å². The van der Waals surface area contributed by atoms with Crippen molar-refractivity contribution < 1.29 is 4.79 Å². The van der Waals surface area contributed by atoms with Gasteiger partial charge in [0.1, 0.15) is 0 Å². The van der Waals surface area contributed by atoms with Crippen LogP contribution in [0.5, 0.6) is 0 Å². The van der Waals surface area contributed by atoms with Crippen LogP contribution >= 0.6 is 0 Å². The SMILES string of the molecule is CCC1CCC(CN2CNC(C)(CC)C2=O)CC1. The summed E-state index contributed by atoms with van der Waals surface area (Å²) in [7, 11) is 0. The molecule has 0 aromatic rings. The Morgan fingerprint density at radius 2 is 1.83 bits per heavy atom. The molecule has 1 saturated carbocycles. The molecule has 1 amide bonds. The number of amides is 1. The number of hydrogen-bond acceptors (Lipinski definition) is 2. The lowest BCUT2D eigenvalue weighted by Gasteiger charge is -2.31. The summed E-state index contributed by atoms with van der Waals surface area (Å²) in [5.74, 6) is 1.98. The number of rotatable bonds is 4. The summed E-state index contributed by atoms with van der Waals surface area (Å²) in [5.41, 5.74) is -0.305. The molecule has 0 radical (unpaired) electrons. The molecule has 3 heteroatoms. The summed E-state index contributed by atoms with van der Waals surface area (Å²) in [6, 6.07) is 0. The normalized spacial score (nSPS) is 37.3. The summed E-state index contributed by atoms with van der Waals surface area (Å²) >= 11 is 0. The highest BCUT2D eigenvalue weighted by molar-refractivity contribution is 5.87. The van der Waals surface area contributed by atoms with Crippen molar-refractivity contribution in [2.45, 2.75) is 64.8 Å². The Bertz CT molecular complexity index is 297. The van der Waals surface area contributed by atoms with Crippen LogP contribution in [0, 0.1) is 11.8 Å². The zero-order valence-corrected chi connectivity index (χ0v) is 12.2. The standard InChI is InChI=1S/C15H28N2O/c1-4-12-6-8-13(9-7-12)10-17-11-16-15(3,5-2)14(17)18/h12-13,16H,4-11H2,1-3H3. The van der Waals surface area contributed by atoms with Crippen LogP contribution in [0.4, 0.5) is 0 Å². The summed E-state index contributed by atoms with van der Waals surface area (Å²) in [5, 5.41) is 3.37. The second-order valence-electron chi connectivity index (χ2n) is 6.34. The topological polar surface area (TPSA) is 32.3 Å². The van der Waals surface area contributed by atoms with Crippen molar-refractivity contribution in [1.82, 2.24) is 10.2 Å². The highest BCUT2D eigenvalue weighted by atomic mass is 16.2. The van der Waals surface area contributed by atoms with E-state index < -0.39 is 0 Å². The molecule has 0 aromatic heterocycles. The third-order valence-corrected chi connectivity index (χ3v) is 5.15. The third kappa shape index (κ3) is 2.71. The Kier molecular flexibility index (Phi) is 4.31. The van der Waals surface area contributed by atoms with Gasteiger partial charge in [-0.3, -0.25) is 10.1 Å². The van der Waals surface area contributed by atoms with E-state index >= 15 is 0 Å². The number of nitrogens with one attached hydrogen (secondary N) is 1. The maximum atomic E-state index is 12.3. The van der Waals surface area contributed by atoms with Crippen LogP contribution in [-0.4, -0.2) is 29.6 Å². The number of nitrogens with zero attached hydrogens (tertiary/aromatic N) is 1. The first-order chi connectivity index (χ1) is 8.59. The van der Waals surface area contributed by atoms with E-state index in [0.717, 1.165) is 31.5 Å². The predicted octanol–water partition coefficient (Wildman–Crippen LogP) is 2.76. The molecule has 2 aliphatic rings. The zero-order valence-electron chi connectivity index (χ0n) is 12.2. The lowest BCUT2D eigenvalue weighted by Crippen LogP contribution is -2.43. The fourth-order valence-corrected chi connectivity index (χ4v) is 3.32. The highest BCUT2D eigenvalue weighted by Crippen LogP contribution is 2.32. The summed E-state index contributed by atoms with van der Waals surface area (Å²) in [4.78, 5) is 14.4. The van der Waals surface area contributed by atoms with E-state index in [4.69, 9.17) is 0 Å². The average Bonchev–Trinajstić information content (AvgIpc) is 2.69. The van der Waals surface area contributed by atoms with Gasteiger partial charge in [-0.15, -0.1) is 0 Å². The molecule has 1 heterocycles. The molecule has 1 N–H and O–H groups in total. The maximum absolute atomic E-state index is 12.3. The van der Waals surface area contributed by atoms with Crippen LogP contribution in [-0.2, 0) is 4.79 Å². The quantitative estimate of drug-likeness (QED) is 0.834. The molecule has 18 heavy (non-hydrogen) atoms. The van der Waals surface area contributed by atoms with E-state index in [1.807, 2.05) is 11.8 Å². The number of carbonyl (C=O) groups excluding carboxylic acids is 1. The van der Waals surface area contributed by atoms with Crippen LogP contribution in [0.3, 0.4) is 0 Å². The van der Waals surface area contributed by atoms with E-state index in [0.29, 0.717) is 5.91 Å². The molecule has 1 aliphatic carbocycles. The van der Waals surface area contributed by atoms with Crippen LogP contribution in [0.1, 0.15) is 59.3 Å². The molecule has 2 fully saturated rings. The molecule has 1 aliphatic heterocycles. The Morgan fingerprint density at radius 3 is 2.33 bits per heavy atom. The summed E-state index contributed by atoms with van der Waals surface area (Å²) < 4.78 is 0. The summed E-state index contributed by atoms with van der Waals surface area (Å²) in [6.07, 6.45) is 7.55. The van der Waals surface area contributed by atoms with E-state index in [9.17, 15) is 4.79 Å². The zero-order chi connectivity index (χ0) is 13.2. The Balaban J connectivity index is 1.83. The van der Waals surface area contributed by atoms with Gasteiger partial charge >= 0.3 is 0 Å². The fraction of sp³-hybridized carbons (Fsp3) is 0.933. The van der Waals surface area contributed by atoms with Gasteiger partial charge in [-0.05, 0) is 38.0 Å². The van der Waals surface area contributed by atoms with Crippen molar-refractivity contribution in [3.8, 4) is 0 Å². The lowest BCUT2D eigenvalue weighted by molar-refractivity contribution is -0.132. The molecule has 0 aromatic carbocycles. The molecule has 2 rings (SSSR count). The molecule has 0 spiro atoms. The van der Waals surface area contributed by atoms with Crippen molar-refractivity contribution in [3.05, 3.63) is 0 Å². The first-order valence-corrected chi connectivity index (χ1v) is 7.63. The first-order valence-electron chi connectivity index (χ1n) is 7.63. The average molecular weight is 252 g/mol. The van der Waals surface area contributed by atoms with Crippen molar-refractivity contribution in [3.63, 3.8) is 0 Å². The molecule has 104 valence electrons. The number of hydrogen-bond donors (Lipinski definition) is 1. The first kappa shape index (κ1) is 13.9. The Morgan fingerprint density at radius 1 is 1.22 bits per heavy atom. The van der Waals surface area contributed by atoms with Gasteiger partial charge in [0, 0.05) is 6.54 Å². The van der Waals surface area contributed by atoms with Crippen molar-refractivity contribution in [2.24, 2.45) is 11.8 Å². The van der Waals surface area contributed by atoms with Gasteiger partial charge in [-0.2, -0.15) is 0 Å². The van der Waals surface area contributed by atoms with Crippen molar-refractivity contribution in [2.75, 3.05) is 13.2 Å². The number of carbonyl (C=O) groups is 1. The predicted molar refractivity (Wildman–Crippen MR) is 74.2 cm³/mol. The Hall–Kier alpha value is -0.570. The minimum atomic E-state index is -0.305. The van der Waals surface area contributed by atoms with Crippen molar-refractivity contribution >= 4 is 5.91 Å². The molecule has 1 atom stereocenters. The minimum Gasteiger partial charge on any atom is -0.328 e. The third-order valence-electron chi connectivity index (χ3n) is 5.15. The monoisotopic (exact) mass is 252 g/mol. The Labute approximate surface area is 111 Å². The molecular formula is C15H28N2O. The molecule has 0 bridgehead atoms. The minimum absolute atomic E-state index is 0.305. The second-order valence-corrected chi connectivity index (χ2v) is 6.34. The molecule has 1 saturated heterocycles. The van der Waals surface area contributed by atoms with Crippen LogP contribution in [0.15, 0.2) is 0 Å². The van der Waals surface area contributed by atoms with Crippen LogP contribution < -0.4 is 5.32 Å². The van der Waals surface area contributed by atoms with Gasteiger partial charge in [0.25, 0.3) is 0 Å². The van der Waals surface area contributed by atoms with E-state index in [2.05, 4.69) is 19.2 Å². The maximum Gasteiger partial charge on any atom is 0.243 e. The fourth-order valence-electron chi connectivity index (χ4n) is 3.32. The van der Waals surface area contributed by atoms with Gasteiger partial charge < -0.3 is 4.90 Å². The van der Waals surface area contributed by atoms with E-state index in [1.165, 1.54) is 32.1 Å². The van der Waals surface area contributed by atoms with E-state index in [-0.39, 0.29) is 5.54 Å². The lowest BCUT2D eigenvalue weighted by atomic mass is 9.80. The van der Waals surface area contributed by atoms with Gasteiger partial charge in [-0.25, -0.2) is 0 Å². The summed E-state index contributed by atoms with van der Waals surface area (Å²) in [6.45, 7) is 8.13. The second kappa shape index (κ2) is 5.60. The van der Waals surface area contributed by atoms with Crippen LogP contribution in [0.2, 0.25) is 0 Å². The van der Waals surface area contributed by atoms with Crippen molar-refractivity contribution in [1.29, 1.82) is 0 Å².